The highest BCUT2D eigenvalue weighted by Gasteiger charge is 2.15. The lowest BCUT2D eigenvalue weighted by Crippen LogP contribution is -2.08. The molecule has 7 heteroatoms. The molecule has 0 unspecified atom stereocenters. The number of oxazole rings is 1. The Morgan fingerprint density at radius 1 is 1.15 bits per heavy atom. The van der Waals surface area contributed by atoms with Gasteiger partial charge in [-0.15, -0.1) is 0 Å². The first-order chi connectivity index (χ1) is 13.2. The van der Waals surface area contributed by atoms with E-state index in [1.54, 1.807) is 19.1 Å². The highest BCUT2D eigenvalue weighted by atomic mass is 32.2. The maximum Gasteiger partial charge on any atom is 0.338 e. The average molecular weight is 380 g/mol. The van der Waals surface area contributed by atoms with Crippen LogP contribution < -0.4 is 0 Å². The van der Waals surface area contributed by atoms with E-state index in [2.05, 4.69) is 10.1 Å². The Morgan fingerprint density at radius 3 is 2.78 bits per heavy atom. The highest BCUT2D eigenvalue weighted by Crippen LogP contribution is 2.27. The second kappa shape index (κ2) is 7.67. The first kappa shape index (κ1) is 17.4. The van der Waals surface area contributed by atoms with Crippen molar-refractivity contribution in [3.8, 4) is 0 Å². The molecule has 0 saturated carbocycles. The van der Waals surface area contributed by atoms with Crippen LogP contribution in [0.5, 0.6) is 0 Å². The van der Waals surface area contributed by atoms with Crippen molar-refractivity contribution in [1.82, 2.24) is 10.1 Å². The van der Waals surface area contributed by atoms with Gasteiger partial charge in [-0.25, -0.2) is 9.78 Å². The van der Waals surface area contributed by atoms with Crippen molar-refractivity contribution in [2.24, 2.45) is 0 Å². The minimum atomic E-state index is -0.399. The third-order valence-electron chi connectivity index (χ3n) is 3.89. The lowest BCUT2D eigenvalue weighted by Gasteiger charge is -2.07. The van der Waals surface area contributed by atoms with Gasteiger partial charge in [-0.3, -0.25) is 0 Å². The molecule has 0 aliphatic carbocycles. The zero-order chi connectivity index (χ0) is 18.6. The van der Waals surface area contributed by atoms with E-state index >= 15 is 0 Å². The van der Waals surface area contributed by atoms with Crippen LogP contribution in [-0.4, -0.2) is 16.1 Å². The van der Waals surface area contributed by atoms with Gasteiger partial charge in [-0.2, -0.15) is 0 Å². The summed E-state index contributed by atoms with van der Waals surface area (Å²) < 4.78 is 16.0. The van der Waals surface area contributed by atoms with Crippen LogP contribution in [0.3, 0.4) is 0 Å². The van der Waals surface area contributed by atoms with Gasteiger partial charge in [0.05, 0.1) is 5.56 Å². The molecule has 4 rings (SSSR count). The summed E-state index contributed by atoms with van der Waals surface area (Å²) in [5.41, 5.74) is 3.51. The van der Waals surface area contributed by atoms with Gasteiger partial charge >= 0.3 is 5.97 Å². The summed E-state index contributed by atoms with van der Waals surface area (Å²) in [6.45, 7) is 1.86. The van der Waals surface area contributed by atoms with E-state index in [4.69, 9.17) is 13.7 Å². The number of fused-ring (bicyclic) bond motifs is 1. The number of nitrogens with zero attached hydrogens (tertiary/aromatic N) is 2. The number of para-hydroxylation sites is 2. The van der Waals surface area contributed by atoms with Crippen LogP contribution in [0.2, 0.25) is 0 Å². The summed E-state index contributed by atoms with van der Waals surface area (Å²) in [4.78, 5) is 16.9. The fourth-order valence-electron chi connectivity index (χ4n) is 2.60. The van der Waals surface area contributed by atoms with Crippen molar-refractivity contribution in [3.05, 3.63) is 77.2 Å². The Morgan fingerprint density at radius 2 is 1.96 bits per heavy atom. The number of rotatable bonds is 6. The quantitative estimate of drug-likeness (QED) is 0.352. The van der Waals surface area contributed by atoms with Gasteiger partial charge in [-0.05, 0) is 30.7 Å². The molecule has 4 aromatic rings. The van der Waals surface area contributed by atoms with Crippen LogP contribution >= 0.6 is 11.8 Å². The van der Waals surface area contributed by atoms with E-state index < -0.39 is 5.97 Å². The van der Waals surface area contributed by atoms with Crippen molar-refractivity contribution >= 4 is 28.8 Å². The van der Waals surface area contributed by atoms with Gasteiger partial charge in [0.1, 0.15) is 23.6 Å². The Bertz CT molecular complexity index is 1050. The molecule has 2 aromatic carbocycles. The summed E-state index contributed by atoms with van der Waals surface area (Å²) in [5, 5.41) is 4.39. The Labute approximate surface area is 159 Å². The van der Waals surface area contributed by atoms with Crippen LogP contribution in [0.1, 0.15) is 27.4 Å². The number of thioether (sulfide) groups is 1. The van der Waals surface area contributed by atoms with Crippen molar-refractivity contribution in [3.63, 3.8) is 0 Å². The summed E-state index contributed by atoms with van der Waals surface area (Å²) in [5.74, 6) is 0.821. The molecule has 0 N–H and O–H groups in total. The van der Waals surface area contributed by atoms with Gasteiger partial charge < -0.3 is 13.7 Å². The lowest BCUT2D eigenvalue weighted by atomic mass is 10.1. The topological polar surface area (TPSA) is 78.4 Å². The Balaban J connectivity index is 1.44. The van der Waals surface area contributed by atoms with Gasteiger partial charge in [0, 0.05) is 11.8 Å². The molecule has 0 atom stereocenters. The van der Waals surface area contributed by atoms with E-state index in [1.165, 1.54) is 11.8 Å². The number of hydrogen-bond donors (Lipinski definition) is 0. The van der Waals surface area contributed by atoms with Crippen molar-refractivity contribution < 1.29 is 18.5 Å². The first-order valence-electron chi connectivity index (χ1n) is 8.34. The maximum atomic E-state index is 12.5. The van der Waals surface area contributed by atoms with E-state index in [1.807, 2.05) is 42.5 Å². The number of carbonyl (C=O) groups is 1. The third-order valence-corrected chi connectivity index (χ3v) is 4.77. The van der Waals surface area contributed by atoms with Gasteiger partial charge in [0.25, 0.3) is 5.22 Å². The standard InChI is InChI=1S/C20H16N2O4S/c1-13-10-15(22-26-13)11-24-19(23)16-7-3-2-6-14(16)12-27-20-21-17-8-4-5-9-18(17)25-20/h2-10H,11-12H2,1H3. The van der Waals surface area contributed by atoms with Crippen LogP contribution in [0, 0.1) is 6.92 Å². The summed E-state index contributed by atoms with van der Waals surface area (Å²) in [6.07, 6.45) is 0. The van der Waals surface area contributed by atoms with Crippen molar-refractivity contribution in [2.45, 2.75) is 24.5 Å². The molecule has 0 spiro atoms. The molecule has 0 aliphatic rings. The number of carbonyl (C=O) groups excluding carboxylic acids is 1. The molecule has 0 fully saturated rings. The number of hydrogen-bond acceptors (Lipinski definition) is 7. The number of aryl methyl sites for hydroxylation is 1. The first-order valence-corrected chi connectivity index (χ1v) is 9.33. The molecule has 2 aromatic heterocycles. The van der Waals surface area contributed by atoms with E-state index in [-0.39, 0.29) is 6.61 Å². The Kier molecular flexibility index (Phi) is 4.93. The molecule has 0 aliphatic heterocycles. The highest BCUT2D eigenvalue weighted by molar-refractivity contribution is 7.98. The zero-order valence-corrected chi connectivity index (χ0v) is 15.4. The molecular formula is C20H16N2O4S. The molecular weight excluding hydrogens is 364 g/mol. The molecule has 136 valence electrons. The van der Waals surface area contributed by atoms with E-state index in [9.17, 15) is 4.79 Å². The van der Waals surface area contributed by atoms with Crippen LogP contribution in [0.25, 0.3) is 11.1 Å². The average Bonchev–Trinajstić information content (AvgIpc) is 3.30. The molecule has 0 saturated heterocycles. The van der Waals surface area contributed by atoms with Gasteiger partial charge in [-0.1, -0.05) is 47.3 Å². The predicted molar refractivity (Wildman–Crippen MR) is 100 cm³/mol. The SMILES string of the molecule is Cc1cc(COC(=O)c2ccccc2CSc2nc3ccccc3o2)no1. The minimum Gasteiger partial charge on any atom is -0.455 e. The second-order valence-corrected chi connectivity index (χ2v) is 6.82. The normalized spacial score (nSPS) is 11.0. The van der Waals surface area contributed by atoms with Gasteiger partial charge in [0.15, 0.2) is 5.58 Å². The molecule has 0 radical (unpaired) electrons. The fourth-order valence-corrected chi connectivity index (χ4v) is 3.44. The monoisotopic (exact) mass is 380 g/mol. The lowest BCUT2D eigenvalue weighted by molar-refractivity contribution is 0.0463. The fraction of sp³-hybridized carbons (Fsp3) is 0.150. The smallest absolute Gasteiger partial charge is 0.338 e. The number of benzene rings is 2. The predicted octanol–water partition coefficient (Wildman–Crippen LogP) is 4.77. The van der Waals surface area contributed by atoms with Gasteiger partial charge in [0.2, 0.25) is 0 Å². The molecule has 0 amide bonds. The minimum absolute atomic E-state index is 0.0722. The maximum absolute atomic E-state index is 12.5. The largest absolute Gasteiger partial charge is 0.455 e. The molecule has 27 heavy (non-hydrogen) atoms. The molecule has 2 heterocycles. The van der Waals surface area contributed by atoms with Crippen molar-refractivity contribution in [2.75, 3.05) is 0 Å². The van der Waals surface area contributed by atoms with Crippen LogP contribution in [-0.2, 0) is 17.1 Å². The number of esters is 1. The zero-order valence-electron chi connectivity index (χ0n) is 14.5. The molecule has 0 bridgehead atoms. The third kappa shape index (κ3) is 4.03. The van der Waals surface area contributed by atoms with Crippen LogP contribution in [0.15, 0.2) is 68.8 Å². The van der Waals surface area contributed by atoms with Crippen molar-refractivity contribution in [1.29, 1.82) is 0 Å². The Hall–Kier alpha value is -3.06. The summed E-state index contributed by atoms with van der Waals surface area (Å²) in [6, 6.07) is 16.7. The number of ether oxygens (including phenoxy) is 1. The summed E-state index contributed by atoms with van der Waals surface area (Å²) in [7, 11) is 0. The summed E-state index contributed by atoms with van der Waals surface area (Å²) >= 11 is 1.44. The van der Waals surface area contributed by atoms with Crippen LogP contribution in [0.4, 0.5) is 0 Å². The molecule has 6 nitrogen and oxygen atoms in total. The number of aromatic nitrogens is 2. The van der Waals surface area contributed by atoms with E-state index in [0.717, 1.165) is 16.7 Å². The van der Waals surface area contributed by atoms with E-state index in [0.29, 0.717) is 28.0 Å². The second-order valence-electron chi connectivity index (χ2n) is 5.90.